The minimum absolute atomic E-state index is 0.153. The Kier molecular flexibility index (Phi) is 4.13. The number of aromatic nitrogens is 1. The van der Waals surface area contributed by atoms with Gasteiger partial charge < -0.3 is 5.32 Å². The molecule has 4 heteroatoms. The van der Waals surface area contributed by atoms with Gasteiger partial charge in [0, 0.05) is 27.1 Å². The van der Waals surface area contributed by atoms with Crippen LogP contribution >= 0.6 is 27.5 Å². The number of anilines is 1. The zero-order chi connectivity index (χ0) is 14.8. The second-order valence-electron chi connectivity index (χ2n) is 4.95. The Hall–Kier alpha value is -1.58. The van der Waals surface area contributed by atoms with Crippen molar-refractivity contribution in [2.45, 2.75) is 13.0 Å². The van der Waals surface area contributed by atoms with Crippen LogP contribution in [0.5, 0.6) is 0 Å². The summed E-state index contributed by atoms with van der Waals surface area (Å²) in [5.41, 5.74) is 3.14. The molecule has 3 aromatic rings. The molecule has 1 unspecified atom stereocenters. The number of benzene rings is 2. The lowest BCUT2D eigenvalue weighted by molar-refractivity contribution is 0.886. The number of rotatable bonds is 3. The Bertz CT molecular complexity index is 789. The minimum Gasteiger partial charge on any atom is -0.377 e. The van der Waals surface area contributed by atoms with E-state index in [0.29, 0.717) is 0 Å². The smallest absolute Gasteiger partial charge is 0.0934 e. The van der Waals surface area contributed by atoms with E-state index >= 15 is 0 Å². The average molecular weight is 362 g/mol. The van der Waals surface area contributed by atoms with Gasteiger partial charge in [-0.15, -0.1) is 0 Å². The molecule has 0 amide bonds. The number of nitrogens with one attached hydrogen (secondary N) is 1. The summed E-state index contributed by atoms with van der Waals surface area (Å²) in [4.78, 5) is 4.51. The summed E-state index contributed by atoms with van der Waals surface area (Å²) in [5.74, 6) is 0. The molecule has 0 spiro atoms. The number of fused-ring (bicyclic) bond motifs is 1. The van der Waals surface area contributed by atoms with E-state index in [4.69, 9.17) is 11.6 Å². The predicted molar refractivity (Wildman–Crippen MR) is 92.9 cm³/mol. The van der Waals surface area contributed by atoms with Crippen molar-refractivity contribution in [3.8, 4) is 0 Å². The van der Waals surface area contributed by atoms with Crippen LogP contribution in [-0.4, -0.2) is 4.98 Å². The summed E-state index contributed by atoms with van der Waals surface area (Å²) in [7, 11) is 0. The number of nitrogens with zero attached hydrogens (tertiary/aromatic N) is 1. The molecule has 0 bridgehead atoms. The molecule has 2 nitrogen and oxygen atoms in total. The SMILES string of the molecule is CC(Nc1cccc2cc(Br)cnc12)c1cccc(Cl)c1. The molecular weight excluding hydrogens is 348 g/mol. The Balaban J connectivity index is 1.94. The van der Waals surface area contributed by atoms with Gasteiger partial charge in [0.1, 0.15) is 0 Å². The maximum Gasteiger partial charge on any atom is 0.0934 e. The zero-order valence-corrected chi connectivity index (χ0v) is 13.8. The van der Waals surface area contributed by atoms with Crippen LogP contribution in [0.1, 0.15) is 18.5 Å². The summed E-state index contributed by atoms with van der Waals surface area (Å²) in [6.45, 7) is 2.11. The van der Waals surface area contributed by atoms with Gasteiger partial charge in [0.05, 0.1) is 11.2 Å². The number of hydrogen-bond donors (Lipinski definition) is 1. The van der Waals surface area contributed by atoms with Crippen molar-refractivity contribution < 1.29 is 0 Å². The summed E-state index contributed by atoms with van der Waals surface area (Å²) >= 11 is 9.51. The van der Waals surface area contributed by atoms with Gasteiger partial charge >= 0.3 is 0 Å². The Morgan fingerprint density at radius 3 is 2.76 bits per heavy atom. The highest BCUT2D eigenvalue weighted by Crippen LogP contribution is 2.28. The molecule has 1 N–H and O–H groups in total. The summed E-state index contributed by atoms with van der Waals surface area (Å²) in [6, 6.07) is 16.3. The lowest BCUT2D eigenvalue weighted by atomic mass is 10.1. The highest BCUT2D eigenvalue weighted by Gasteiger charge is 2.09. The predicted octanol–water partition coefficient (Wildman–Crippen LogP) is 5.82. The van der Waals surface area contributed by atoms with Gasteiger partial charge in [-0.2, -0.15) is 0 Å². The van der Waals surface area contributed by atoms with Gasteiger partial charge in [-0.1, -0.05) is 35.9 Å². The van der Waals surface area contributed by atoms with E-state index in [1.165, 1.54) is 0 Å². The largest absolute Gasteiger partial charge is 0.377 e. The van der Waals surface area contributed by atoms with Gasteiger partial charge in [-0.25, -0.2) is 0 Å². The molecule has 1 aromatic heterocycles. The summed E-state index contributed by atoms with van der Waals surface area (Å²) in [5, 5.41) is 5.37. The molecule has 0 aliphatic rings. The van der Waals surface area contributed by atoms with E-state index in [-0.39, 0.29) is 6.04 Å². The Morgan fingerprint density at radius 2 is 1.95 bits per heavy atom. The van der Waals surface area contributed by atoms with Gasteiger partial charge in [0.15, 0.2) is 0 Å². The topological polar surface area (TPSA) is 24.9 Å². The molecule has 0 saturated carbocycles. The van der Waals surface area contributed by atoms with Crippen molar-refractivity contribution in [3.05, 3.63) is 69.8 Å². The van der Waals surface area contributed by atoms with E-state index < -0.39 is 0 Å². The third-order valence-electron chi connectivity index (χ3n) is 3.40. The fourth-order valence-corrected chi connectivity index (χ4v) is 2.89. The normalized spacial score (nSPS) is 12.3. The minimum atomic E-state index is 0.153. The van der Waals surface area contributed by atoms with Crippen molar-refractivity contribution in [1.29, 1.82) is 0 Å². The lowest BCUT2D eigenvalue weighted by Crippen LogP contribution is -2.07. The van der Waals surface area contributed by atoms with E-state index in [1.54, 1.807) is 0 Å². The van der Waals surface area contributed by atoms with Crippen molar-refractivity contribution >= 4 is 44.1 Å². The van der Waals surface area contributed by atoms with Crippen LogP contribution in [0.25, 0.3) is 10.9 Å². The van der Waals surface area contributed by atoms with Crippen LogP contribution in [0.3, 0.4) is 0 Å². The summed E-state index contributed by atoms with van der Waals surface area (Å²) in [6.07, 6.45) is 1.82. The molecule has 0 aliphatic heterocycles. The quantitative estimate of drug-likeness (QED) is 0.635. The third kappa shape index (κ3) is 3.20. The van der Waals surface area contributed by atoms with Gasteiger partial charge in [-0.05, 0) is 52.7 Å². The molecular formula is C17H14BrClN2. The first kappa shape index (κ1) is 14.4. The molecule has 0 radical (unpaired) electrons. The molecule has 1 atom stereocenters. The second kappa shape index (κ2) is 6.04. The molecule has 0 saturated heterocycles. The van der Waals surface area contributed by atoms with Crippen LogP contribution in [0.15, 0.2) is 59.2 Å². The van der Waals surface area contributed by atoms with E-state index in [0.717, 1.165) is 31.6 Å². The number of pyridine rings is 1. The first-order valence-corrected chi connectivity index (χ1v) is 7.87. The average Bonchev–Trinajstić information content (AvgIpc) is 2.47. The van der Waals surface area contributed by atoms with Crippen LogP contribution < -0.4 is 5.32 Å². The highest BCUT2D eigenvalue weighted by atomic mass is 79.9. The number of hydrogen-bond acceptors (Lipinski definition) is 2. The Morgan fingerprint density at radius 1 is 1.14 bits per heavy atom. The fraction of sp³-hybridized carbons (Fsp3) is 0.118. The maximum absolute atomic E-state index is 6.06. The van der Waals surface area contributed by atoms with Gasteiger partial charge in [0.25, 0.3) is 0 Å². The zero-order valence-electron chi connectivity index (χ0n) is 11.5. The molecule has 2 aromatic carbocycles. The summed E-state index contributed by atoms with van der Waals surface area (Å²) < 4.78 is 0.982. The van der Waals surface area contributed by atoms with Gasteiger partial charge in [-0.3, -0.25) is 4.98 Å². The van der Waals surface area contributed by atoms with E-state index in [9.17, 15) is 0 Å². The fourth-order valence-electron chi connectivity index (χ4n) is 2.34. The van der Waals surface area contributed by atoms with E-state index in [1.807, 2.05) is 36.5 Å². The lowest BCUT2D eigenvalue weighted by Gasteiger charge is -2.17. The maximum atomic E-state index is 6.06. The van der Waals surface area contributed by atoms with Crippen molar-refractivity contribution in [1.82, 2.24) is 4.98 Å². The van der Waals surface area contributed by atoms with Crippen LogP contribution in [0.4, 0.5) is 5.69 Å². The third-order valence-corrected chi connectivity index (χ3v) is 4.07. The first-order valence-electron chi connectivity index (χ1n) is 6.70. The van der Waals surface area contributed by atoms with Crippen LogP contribution in [0.2, 0.25) is 5.02 Å². The number of halogens is 2. The molecule has 0 aliphatic carbocycles. The van der Waals surface area contributed by atoms with Crippen molar-refractivity contribution in [3.63, 3.8) is 0 Å². The molecule has 3 rings (SSSR count). The monoisotopic (exact) mass is 360 g/mol. The Labute approximate surface area is 137 Å². The van der Waals surface area contributed by atoms with Crippen molar-refractivity contribution in [2.75, 3.05) is 5.32 Å². The van der Waals surface area contributed by atoms with Crippen LogP contribution in [-0.2, 0) is 0 Å². The molecule has 21 heavy (non-hydrogen) atoms. The van der Waals surface area contributed by atoms with Crippen LogP contribution in [0, 0.1) is 0 Å². The number of para-hydroxylation sites is 1. The second-order valence-corrected chi connectivity index (χ2v) is 6.30. The molecule has 1 heterocycles. The van der Waals surface area contributed by atoms with E-state index in [2.05, 4.69) is 51.4 Å². The molecule has 106 valence electrons. The van der Waals surface area contributed by atoms with Crippen molar-refractivity contribution in [2.24, 2.45) is 0 Å². The van der Waals surface area contributed by atoms with Gasteiger partial charge in [0.2, 0.25) is 0 Å². The highest BCUT2D eigenvalue weighted by molar-refractivity contribution is 9.10. The first-order chi connectivity index (χ1) is 10.1. The molecule has 0 fully saturated rings. The standard InChI is InChI=1S/C17H14BrClN2/c1-11(12-4-2-6-15(19)9-12)21-16-7-3-5-13-8-14(18)10-20-17(13)16/h2-11,21H,1H3.